The van der Waals surface area contributed by atoms with Gasteiger partial charge in [-0.05, 0) is 57.8 Å². The molecule has 0 aliphatic rings. The number of esters is 1. The van der Waals surface area contributed by atoms with Crippen LogP contribution >= 0.6 is 0 Å². The number of aliphatic hydroxyl groups excluding tert-OH is 2. The number of carbonyl (C=O) groups excluding carboxylic acids is 2. The van der Waals surface area contributed by atoms with E-state index in [1.54, 1.807) is 6.08 Å². The van der Waals surface area contributed by atoms with Crippen LogP contribution in [0.5, 0.6) is 0 Å². The normalized spacial score (nSPS) is 12.8. The highest BCUT2D eigenvalue weighted by Crippen LogP contribution is 2.18. The minimum absolute atomic E-state index is 0.00280. The molecule has 0 saturated carbocycles. The van der Waals surface area contributed by atoms with Crippen LogP contribution in [0, 0.1) is 0 Å². The highest BCUT2D eigenvalue weighted by Gasteiger charge is 2.18. The maximum atomic E-state index is 12.4. The number of amides is 1. The van der Waals surface area contributed by atoms with Crippen molar-refractivity contribution in [2.75, 3.05) is 13.2 Å². The third-order valence-electron chi connectivity index (χ3n) is 14.2. The zero-order chi connectivity index (χ0) is 50.0. The average Bonchev–Trinajstić information content (AvgIpc) is 3.35. The number of hydrogen-bond donors (Lipinski definition) is 3. The van der Waals surface area contributed by atoms with Crippen LogP contribution in [0.2, 0.25) is 0 Å². The summed E-state index contributed by atoms with van der Waals surface area (Å²) in [6.45, 7) is 4.86. The minimum Gasteiger partial charge on any atom is -0.466 e. The predicted molar refractivity (Wildman–Crippen MR) is 301 cm³/mol. The van der Waals surface area contributed by atoms with Gasteiger partial charge in [0, 0.05) is 12.8 Å². The molecule has 0 aromatic heterocycles. The minimum atomic E-state index is -0.841. The summed E-state index contributed by atoms with van der Waals surface area (Å²) in [5.74, 6) is -0.0633. The molecule has 0 heterocycles. The third kappa shape index (κ3) is 55.2. The summed E-state index contributed by atoms with van der Waals surface area (Å²) in [4.78, 5) is 24.5. The van der Waals surface area contributed by atoms with Gasteiger partial charge in [0.2, 0.25) is 5.91 Å². The maximum absolute atomic E-state index is 12.4. The fourth-order valence-electron chi connectivity index (χ4n) is 9.42. The van der Waals surface area contributed by atoms with E-state index in [2.05, 4.69) is 43.5 Å². The Bertz CT molecular complexity index is 1120. The van der Waals surface area contributed by atoms with Crippen molar-refractivity contribution in [2.24, 2.45) is 0 Å². The smallest absolute Gasteiger partial charge is 0.305 e. The lowest BCUT2D eigenvalue weighted by molar-refractivity contribution is -0.143. The molecule has 0 fully saturated rings. The number of aliphatic hydroxyl groups is 2. The molecular formula is C63H119NO5. The Labute approximate surface area is 430 Å². The Hall–Kier alpha value is -1.92. The van der Waals surface area contributed by atoms with E-state index in [0.29, 0.717) is 19.4 Å². The van der Waals surface area contributed by atoms with E-state index in [0.717, 1.165) is 51.4 Å². The topological polar surface area (TPSA) is 95.9 Å². The molecule has 0 bridgehead atoms. The van der Waals surface area contributed by atoms with Crippen LogP contribution in [0.3, 0.4) is 0 Å². The second-order valence-electron chi connectivity index (χ2n) is 21.0. The van der Waals surface area contributed by atoms with Crippen molar-refractivity contribution in [1.82, 2.24) is 5.32 Å². The van der Waals surface area contributed by atoms with E-state index in [1.165, 1.54) is 250 Å². The first-order valence-corrected chi connectivity index (χ1v) is 30.8. The summed E-state index contributed by atoms with van der Waals surface area (Å²) in [5, 5.41) is 23.0. The summed E-state index contributed by atoms with van der Waals surface area (Å²) < 4.78 is 5.48. The molecule has 0 aromatic carbocycles. The Morgan fingerprint density at radius 2 is 0.739 bits per heavy atom. The van der Waals surface area contributed by atoms with E-state index in [-0.39, 0.29) is 18.5 Å². The lowest BCUT2D eigenvalue weighted by Gasteiger charge is -2.20. The Morgan fingerprint density at radius 3 is 1.14 bits per heavy atom. The molecule has 0 aliphatic carbocycles. The highest BCUT2D eigenvalue weighted by atomic mass is 16.5. The molecule has 6 heteroatoms. The second kappa shape index (κ2) is 58.6. The monoisotopic (exact) mass is 970 g/mol. The van der Waals surface area contributed by atoms with E-state index < -0.39 is 12.1 Å². The van der Waals surface area contributed by atoms with Crippen molar-refractivity contribution in [3.05, 3.63) is 36.5 Å². The zero-order valence-corrected chi connectivity index (χ0v) is 46.3. The van der Waals surface area contributed by atoms with E-state index in [4.69, 9.17) is 4.74 Å². The number of ether oxygens (including phenoxy) is 1. The van der Waals surface area contributed by atoms with Gasteiger partial charge < -0.3 is 20.3 Å². The van der Waals surface area contributed by atoms with Gasteiger partial charge in [-0.3, -0.25) is 9.59 Å². The van der Waals surface area contributed by atoms with Gasteiger partial charge in [0.25, 0.3) is 0 Å². The molecule has 69 heavy (non-hydrogen) atoms. The molecule has 2 unspecified atom stereocenters. The number of hydrogen-bond acceptors (Lipinski definition) is 5. The standard InChI is InChI=1S/C63H119NO5/c1-3-5-7-9-11-13-15-16-33-37-41-45-49-53-57-63(68)69-58-54-50-46-42-38-34-31-29-27-25-23-21-19-17-18-20-22-24-26-28-30-32-36-40-44-48-52-56-62(67)64-60(59-65)61(66)55-51-47-43-39-35-14-12-10-8-6-4-2/h9,11,15-16,51,55,60-61,65-66H,3-8,10,12-14,17-50,52-54,56-59H2,1-2H3,(H,64,67)/b11-9-,16-15-,55-51+. The lowest BCUT2D eigenvalue weighted by atomic mass is 10.0. The first-order valence-electron chi connectivity index (χ1n) is 30.8. The molecule has 0 radical (unpaired) electrons. The molecule has 0 aromatic rings. The van der Waals surface area contributed by atoms with Crippen molar-refractivity contribution in [2.45, 2.75) is 341 Å². The molecule has 2 atom stereocenters. The number of rotatable bonds is 57. The fraction of sp³-hybridized carbons (Fsp3) is 0.873. The summed E-state index contributed by atoms with van der Waals surface area (Å²) >= 11 is 0. The largest absolute Gasteiger partial charge is 0.466 e. The fourth-order valence-corrected chi connectivity index (χ4v) is 9.42. The molecule has 1 amide bonds. The van der Waals surface area contributed by atoms with Crippen LogP contribution in [0.1, 0.15) is 328 Å². The Morgan fingerprint density at radius 1 is 0.406 bits per heavy atom. The van der Waals surface area contributed by atoms with Gasteiger partial charge in [-0.1, -0.05) is 294 Å². The van der Waals surface area contributed by atoms with Gasteiger partial charge in [0.15, 0.2) is 0 Å². The molecule has 0 aliphatic heterocycles. The van der Waals surface area contributed by atoms with Crippen LogP contribution < -0.4 is 5.32 Å². The molecule has 0 saturated heterocycles. The quantitative estimate of drug-likeness (QED) is 0.0321. The summed E-state index contributed by atoms with van der Waals surface area (Å²) in [7, 11) is 0. The summed E-state index contributed by atoms with van der Waals surface area (Å²) in [6.07, 6.45) is 73.4. The number of allylic oxidation sites excluding steroid dienone is 5. The summed E-state index contributed by atoms with van der Waals surface area (Å²) in [6, 6.07) is -0.624. The van der Waals surface area contributed by atoms with Gasteiger partial charge in [-0.25, -0.2) is 0 Å². The van der Waals surface area contributed by atoms with Crippen LogP contribution in [0.4, 0.5) is 0 Å². The molecule has 3 N–H and O–H groups in total. The second-order valence-corrected chi connectivity index (χ2v) is 21.0. The first kappa shape index (κ1) is 67.1. The maximum Gasteiger partial charge on any atom is 0.305 e. The van der Waals surface area contributed by atoms with Crippen molar-refractivity contribution >= 4 is 11.9 Å². The van der Waals surface area contributed by atoms with Gasteiger partial charge in [-0.15, -0.1) is 0 Å². The molecular weight excluding hydrogens is 851 g/mol. The highest BCUT2D eigenvalue weighted by molar-refractivity contribution is 5.76. The van der Waals surface area contributed by atoms with Crippen LogP contribution in [0.15, 0.2) is 36.5 Å². The Kier molecular flexibility index (Phi) is 57.0. The molecule has 0 spiro atoms. The molecule has 406 valence electrons. The van der Waals surface area contributed by atoms with Gasteiger partial charge >= 0.3 is 5.97 Å². The number of carbonyl (C=O) groups is 2. The van der Waals surface area contributed by atoms with Gasteiger partial charge in [-0.2, -0.15) is 0 Å². The lowest BCUT2D eigenvalue weighted by Crippen LogP contribution is -2.45. The van der Waals surface area contributed by atoms with Crippen LogP contribution in [0.25, 0.3) is 0 Å². The van der Waals surface area contributed by atoms with Crippen molar-refractivity contribution in [3.63, 3.8) is 0 Å². The van der Waals surface area contributed by atoms with Gasteiger partial charge in [0.05, 0.1) is 25.4 Å². The van der Waals surface area contributed by atoms with Crippen molar-refractivity contribution < 1.29 is 24.5 Å². The molecule has 0 rings (SSSR count). The predicted octanol–water partition coefficient (Wildman–Crippen LogP) is 19.2. The van der Waals surface area contributed by atoms with Crippen molar-refractivity contribution in [1.29, 1.82) is 0 Å². The first-order chi connectivity index (χ1) is 34.0. The third-order valence-corrected chi connectivity index (χ3v) is 14.2. The SMILES string of the molecule is CCCC/C=C\C/C=C\CCCCCCCC(=O)OCCCCCCCCCCCCCCCCCCCCCCCCCCCCCC(=O)NC(CO)C(O)/C=C/CCCCCCCCCCC. The van der Waals surface area contributed by atoms with E-state index in [1.807, 2.05) is 6.08 Å². The van der Waals surface area contributed by atoms with Crippen molar-refractivity contribution in [3.8, 4) is 0 Å². The van der Waals surface area contributed by atoms with Crippen LogP contribution in [-0.4, -0.2) is 47.4 Å². The average molecular weight is 971 g/mol. The van der Waals surface area contributed by atoms with Crippen LogP contribution in [-0.2, 0) is 14.3 Å². The zero-order valence-electron chi connectivity index (χ0n) is 46.3. The summed E-state index contributed by atoms with van der Waals surface area (Å²) in [5.41, 5.74) is 0. The van der Waals surface area contributed by atoms with E-state index in [9.17, 15) is 19.8 Å². The Balaban J connectivity index is 3.35. The van der Waals surface area contributed by atoms with Gasteiger partial charge in [0.1, 0.15) is 0 Å². The number of unbranched alkanes of at least 4 members (excludes halogenated alkanes) is 42. The number of nitrogens with one attached hydrogen (secondary N) is 1. The molecule has 6 nitrogen and oxygen atoms in total. The van der Waals surface area contributed by atoms with E-state index >= 15 is 0 Å².